The van der Waals surface area contributed by atoms with Crippen molar-refractivity contribution in [3.63, 3.8) is 0 Å². The van der Waals surface area contributed by atoms with Crippen LogP contribution in [0.15, 0.2) is 24.3 Å². The van der Waals surface area contributed by atoms with Crippen molar-refractivity contribution >= 4 is 5.91 Å². The molecule has 0 saturated carbocycles. The van der Waals surface area contributed by atoms with Gasteiger partial charge in [-0.25, -0.2) is 0 Å². The van der Waals surface area contributed by atoms with E-state index >= 15 is 0 Å². The predicted octanol–water partition coefficient (Wildman–Crippen LogP) is 1.45. The van der Waals surface area contributed by atoms with Crippen LogP contribution in [-0.2, 0) is 22.7 Å². The molecule has 4 heteroatoms. The number of hydrogen-bond acceptors (Lipinski definition) is 3. The molecular formula is C15H22N2O2. The fourth-order valence-electron chi connectivity index (χ4n) is 2.43. The zero-order chi connectivity index (χ0) is 13.5. The Bertz CT molecular complexity index is 414. The van der Waals surface area contributed by atoms with Gasteiger partial charge in [-0.1, -0.05) is 24.3 Å². The smallest absolute Gasteiger partial charge is 0.224 e. The van der Waals surface area contributed by atoms with Crippen molar-refractivity contribution in [1.82, 2.24) is 10.6 Å². The molecule has 0 unspecified atom stereocenters. The Kier molecular flexibility index (Phi) is 5.36. The topological polar surface area (TPSA) is 50.4 Å². The molecule has 1 aliphatic heterocycles. The first-order valence-corrected chi connectivity index (χ1v) is 6.85. The summed E-state index contributed by atoms with van der Waals surface area (Å²) in [4.78, 5) is 12.1. The largest absolute Gasteiger partial charge is 0.380 e. The zero-order valence-corrected chi connectivity index (χ0v) is 11.4. The Hall–Kier alpha value is -1.39. The SMILES string of the molecule is COCc1ccccc1CNC(=O)[C@@H]1CCCNC1. The molecule has 1 amide bonds. The molecule has 2 N–H and O–H groups in total. The number of benzene rings is 1. The van der Waals surface area contributed by atoms with Gasteiger partial charge in [0.1, 0.15) is 0 Å². The molecule has 1 heterocycles. The summed E-state index contributed by atoms with van der Waals surface area (Å²) in [5.41, 5.74) is 2.26. The first-order chi connectivity index (χ1) is 9.31. The number of piperidine rings is 1. The minimum atomic E-state index is 0.114. The number of carbonyl (C=O) groups excluding carboxylic acids is 1. The lowest BCUT2D eigenvalue weighted by molar-refractivity contribution is -0.125. The molecule has 1 aromatic carbocycles. The van der Waals surface area contributed by atoms with Crippen molar-refractivity contribution < 1.29 is 9.53 Å². The minimum Gasteiger partial charge on any atom is -0.380 e. The van der Waals surface area contributed by atoms with Gasteiger partial charge < -0.3 is 15.4 Å². The average Bonchev–Trinajstić information content (AvgIpc) is 2.47. The molecule has 1 aromatic rings. The summed E-state index contributed by atoms with van der Waals surface area (Å²) in [6.07, 6.45) is 2.07. The summed E-state index contributed by atoms with van der Waals surface area (Å²) >= 11 is 0. The molecule has 104 valence electrons. The van der Waals surface area contributed by atoms with E-state index in [0.717, 1.165) is 37.1 Å². The highest BCUT2D eigenvalue weighted by atomic mass is 16.5. The van der Waals surface area contributed by atoms with Crippen molar-refractivity contribution in [2.45, 2.75) is 26.0 Å². The minimum absolute atomic E-state index is 0.114. The molecule has 0 aliphatic carbocycles. The molecule has 4 nitrogen and oxygen atoms in total. The van der Waals surface area contributed by atoms with Crippen LogP contribution in [0, 0.1) is 5.92 Å². The molecule has 0 aromatic heterocycles. The maximum Gasteiger partial charge on any atom is 0.224 e. The lowest BCUT2D eigenvalue weighted by atomic mass is 9.98. The van der Waals surface area contributed by atoms with Gasteiger partial charge in [0.05, 0.1) is 12.5 Å². The van der Waals surface area contributed by atoms with E-state index in [2.05, 4.69) is 10.6 Å². The Labute approximate surface area is 114 Å². The third-order valence-electron chi connectivity index (χ3n) is 3.54. The number of methoxy groups -OCH3 is 1. The monoisotopic (exact) mass is 262 g/mol. The second kappa shape index (κ2) is 7.26. The van der Waals surface area contributed by atoms with Crippen LogP contribution in [0.1, 0.15) is 24.0 Å². The van der Waals surface area contributed by atoms with Crippen LogP contribution in [-0.4, -0.2) is 26.1 Å². The third kappa shape index (κ3) is 4.04. The van der Waals surface area contributed by atoms with Crippen LogP contribution >= 0.6 is 0 Å². The van der Waals surface area contributed by atoms with E-state index in [4.69, 9.17) is 4.74 Å². The summed E-state index contributed by atoms with van der Waals surface area (Å²) in [5, 5.41) is 6.30. The molecule has 1 saturated heterocycles. The highest BCUT2D eigenvalue weighted by Crippen LogP contribution is 2.12. The standard InChI is InChI=1S/C15H22N2O2/c1-19-11-14-6-3-2-5-12(14)10-17-15(18)13-7-4-8-16-9-13/h2-3,5-6,13,16H,4,7-11H2,1H3,(H,17,18)/t13-/m1/s1. The maximum absolute atomic E-state index is 12.1. The van der Waals surface area contributed by atoms with Crippen LogP contribution in [0.2, 0.25) is 0 Å². The van der Waals surface area contributed by atoms with Gasteiger partial charge in [0.2, 0.25) is 5.91 Å². The fraction of sp³-hybridized carbons (Fsp3) is 0.533. The molecule has 0 bridgehead atoms. The van der Waals surface area contributed by atoms with Crippen molar-refractivity contribution in [2.24, 2.45) is 5.92 Å². The van der Waals surface area contributed by atoms with Gasteiger partial charge in [-0.3, -0.25) is 4.79 Å². The maximum atomic E-state index is 12.1. The molecule has 19 heavy (non-hydrogen) atoms. The van der Waals surface area contributed by atoms with Gasteiger partial charge in [-0.15, -0.1) is 0 Å². The number of rotatable bonds is 5. The van der Waals surface area contributed by atoms with Gasteiger partial charge in [0, 0.05) is 20.2 Å². The summed E-state index contributed by atoms with van der Waals surface area (Å²) in [7, 11) is 1.68. The molecule has 2 rings (SSSR count). The number of amides is 1. The van der Waals surface area contributed by atoms with Crippen molar-refractivity contribution in [3.8, 4) is 0 Å². The zero-order valence-electron chi connectivity index (χ0n) is 11.4. The van der Waals surface area contributed by atoms with Crippen LogP contribution in [0.5, 0.6) is 0 Å². The summed E-state index contributed by atoms with van der Waals surface area (Å²) in [6.45, 7) is 2.98. The van der Waals surface area contributed by atoms with E-state index in [9.17, 15) is 4.79 Å². The average molecular weight is 262 g/mol. The molecule has 1 fully saturated rings. The molecule has 0 spiro atoms. The van der Waals surface area contributed by atoms with Crippen molar-refractivity contribution in [1.29, 1.82) is 0 Å². The fourth-order valence-corrected chi connectivity index (χ4v) is 2.43. The van der Waals surface area contributed by atoms with Crippen LogP contribution in [0.25, 0.3) is 0 Å². The van der Waals surface area contributed by atoms with Gasteiger partial charge in [0.15, 0.2) is 0 Å². The normalized spacial score (nSPS) is 19.1. The first kappa shape index (κ1) is 14.0. The number of carbonyl (C=O) groups is 1. The van der Waals surface area contributed by atoms with E-state index in [1.807, 2.05) is 24.3 Å². The highest BCUT2D eigenvalue weighted by molar-refractivity contribution is 5.79. The summed E-state index contributed by atoms with van der Waals surface area (Å²) < 4.78 is 5.17. The Morgan fingerprint density at radius 3 is 2.89 bits per heavy atom. The third-order valence-corrected chi connectivity index (χ3v) is 3.54. The lowest BCUT2D eigenvalue weighted by Gasteiger charge is -2.22. The lowest BCUT2D eigenvalue weighted by Crippen LogP contribution is -2.40. The molecule has 1 aliphatic rings. The van der Waals surface area contributed by atoms with Gasteiger partial charge >= 0.3 is 0 Å². The summed E-state index contributed by atoms with van der Waals surface area (Å²) in [6, 6.07) is 8.05. The van der Waals surface area contributed by atoms with E-state index in [-0.39, 0.29) is 11.8 Å². The van der Waals surface area contributed by atoms with Gasteiger partial charge in [-0.05, 0) is 30.5 Å². The van der Waals surface area contributed by atoms with E-state index in [1.54, 1.807) is 7.11 Å². The Morgan fingerprint density at radius 1 is 1.42 bits per heavy atom. The van der Waals surface area contributed by atoms with Crippen LogP contribution in [0.4, 0.5) is 0 Å². The second-order valence-corrected chi connectivity index (χ2v) is 4.96. The van der Waals surface area contributed by atoms with E-state index in [1.165, 1.54) is 0 Å². The van der Waals surface area contributed by atoms with Crippen LogP contribution in [0.3, 0.4) is 0 Å². The Balaban J connectivity index is 1.89. The van der Waals surface area contributed by atoms with Gasteiger partial charge in [-0.2, -0.15) is 0 Å². The number of hydrogen-bond donors (Lipinski definition) is 2. The summed E-state index contributed by atoms with van der Waals surface area (Å²) in [5.74, 6) is 0.266. The highest BCUT2D eigenvalue weighted by Gasteiger charge is 2.20. The quantitative estimate of drug-likeness (QED) is 0.844. The molecule has 1 atom stereocenters. The Morgan fingerprint density at radius 2 is 2.21 bits per heavy atom. The second-order valence-electron chi connectivity index (χ2n) is 4.96. The van der Waals surface area contributed by atoms with Crippen molar-refractivity contribution in [3.05, 3.63) is 35.4 Å². The van der Waals surface area contributed by atoms with E-state index in [0.29, 0.717) is 13.2 Å². The van der Waals surface area contributed by atoms with Crippen molar-refractivity contribution in [2.75, 3.05) is 20.2 Å². The number of ether oxygens (including phenoxy) is 1. The molecular weight excluding hydrogens is 240 g/mol. The van der Waals surface area contributed by atoms with E-state index < -0.39 is 0 Å². The number of nitrogens with one attached hydrogen (secondary N) is 2. The van der Waals surface area contributed by atoms with Crippen LogP contribution < -0.4 is 10.6 Å². The first-order valence-electron chi connectivity index (χ1n) is 6.85. The van der Waals surface area contributed by atoms with Gasteiger partial charge in [0.25, 0.3) is 0 Å². The molecule has 0 radical (unpaired) electrons. The predicted molar refractivity (Wildman–Crippen MR) is 74.6 cm³/mol.